The summed E-state index contributed by atoms with van der Waals surface area (Å²) in [7, 11) is 0. The number of para-hydroxylation sites is 2. The fourth-order valence-electron chi connectivity index (χ4n) is 10.5. The van der Waals surface area contributed by atoms with E-state index in [2.05, 4.69) is 222 Å². The molecule has 3 aliphatic carbocycles. The van der Waals surface area contributed by atoms with Gasteiger partial charge in [0.25, 0.3) is 0 Å². The van der Waals surface area contributed by atoms with Crippen molar-refractivity contribution in [3.05, 3.63) is 246 Å². The summed E-state index contributed by atoms with van der Waals surface area (Å²) in [5.74, 6) is 0.287. The van der Waals surface area contributed by atoms with E-state index in [1.165, 1.54) is 77.6 Å². The third kappa shape index (κ3) is 4.59. The molecule has 1 heterocycles. The Kier molecular flexibility index (Phi) is 7.00. The van der Waals surface area contributed by atoms with Crippen LogP contribution < -0.4 is 4.90 Å². The van der Waals surface area contributed by atoms with Crippen LogP contribution in [0, 0.1) is 0 Å². The van der Waals surface area contributed by atoms with Gasteiger partial charge >= 0.3 is 0 Å². The number of hydrogen-bond donors (Lipinski definition) is 0. The van der Waals surface area contributed by atoms with Crippen LogP contribution in [0.15, 0.2) is 224 Å². The Labute approximate surface area is 332 Å². The topological polar surface area (TPSA) is 8.17 Å². The number of fused-ring (bicyclic) bond motifs is 13. The Morgan fingerprint density at radius 1 is 0.474 bits per heavy atom. The molecule has 1 unspecified atom stereocenters. The Hall–Kier alpha value is -7.16. The SMILES string of the molecule is C1=C(N(c2ccc(-c3ccccc3)cc2)c2ccc3c4ccccc4n(-c4ccccc4)c3c2)C=C2C(C1)c1ccccc1C21c2ccccc2-c2ccccc21. The van der Waals surface area contributed by atoms with Gasteiger partial charge in [-0.05, 0) is 105 Å². The molecule has 268 valence electrons. The van der Waals surface area contributed by atoms with E-state index in [4.69, 9.17) is 0 Å². The third-order valence-electron chi connectivity index (χ3n) is 12.8. The predicted octanol–water partition coefficient (Wildman–Crippen LogP) is 13.9. The van der Waals surface area contributed by atoms with Gasteiger partial charge in [-0.1, -0.05) is 164 Å². The van der Waals surface area contributed by atoms with Gasteiger partial charge in [0.2, 0.25) is 0 Å². The lowest BCUT2D eigenvalue weighted by Crippen LogP contribution is -2.29. The minimum Gasteiger partial charge on any atom is -0.311 e. The van der Waals surface area contributed by atoms with Gasteiger partial charge in [0.1, 0.15) is 0 Å². The van der Waals surface area contributed by atoms with Crippen LogP contribution in [-0.2, 0) is 5.41 Å². The molecule has 1 atom stereocenters. The Morgan fingerprint density at radius 3 is 1.81 bits per heavy atom. The van der Waals surface area contributed by atoms with Crippen molar-refractivity contribution in [3.8, 4) is 27.9 Å². The first-order valence-electron chi connectivity index (χ1n) is 20.0. The number of anilines is 2. The summed E-state index contributed by atoms with van der Waals surface area (Å²) < 4.78 is 2.42. The molecule has 3 aliphatic rings. The fraction of sp³-hybridized carbons (Fsp3) is 0.0545. The van der Waals surface area contributed by atoms with Crippen molar-refractivity contribution in [2.24, 2.45) is 0 Å². The zero-order chi connectivity index (χ0) is 37.5. The van der Waals surface area contributed by atoms with Crippen LogP contribution in [0.2, 0.25) is 0 Å². The number of hydrogen-bond acceptors (Lipinski definition) is 1. The number of rotatable bonds is 5. The molecule has 2 nitrogen and oxygen atoms in total. The molecule has 0 radical (unpaired) electrons. The van der Waals surface area contributed by atoms with Crippen molar-refractivity contribution in [3.63, 3.8) is 0 Å². The van der Waals surface area contributed by atoms with Gasteiger partial charge in [0.05, 0.1) is 16.4 Å². The van der Waals surface area contributed by atoms with Crippen LogP contribution in [0.4, 0.5) is 11.4 Å². The molecule has 1 spiro atoms. The van der Waals surface area contributed by atoms with Crippen LogP contribution in [0.25, 0.3) is 49.7 Å². The van der Waals surface area contributed by atoms with Gasteiger partial charge < -0.3 is 9.47 Å². The lowest BCUT2D eigenvalue weighted by Gasteiger charge is -2.36. The van der Waals surface area contributed by atoms with Crippen LogP contribution in [-0.4, -0.2) is 4.57 Å². The Bertz CT molecular complexity index is 3050. The first kappa shape index (κ1) is 32.1. The highest BCUT2D eigenvalue weighted by Gasteiger charge is 2.55. The average molecular weight is 727 g/mol. The highest BCUT2D eigenvalue weighted by atomic mass is 15.1. The summed E-state index contributed by atoms with van der Waals surface area (Å²) in [5, 5.41) is 2.51. The minimum atomic E-state index is -0.361. The number of nitrogens with zero attached hydrogens (tertiary/aromatic N) is 2. The largest absolute Gasteiger partial charge is 0.311 e. The van der Waals surface area contributed by atoms with Crippen molar-refractivity contribution in [1.29, 1.82) is 0 Å². The summed E-state index contributed by atoms with van der Waals surface area (Å²) >= 11 is 0. The third-order valence-corrected chi connectivity index (χ3v) is 12.8. The van der Waals surface area contributed by atoms with Crippen molar-refractivity contribution < 1.29 is 0 Å². The van der Waals surface area contributed by atoms with Crippen LogP contribution in [0.1, 0.15) is 34.6 Å². The fourth-order valence-corrected chi connectivity index (χ4v) is 10.5. The number of allylic oxidation sites excluding steroid dienone is 3. The van der Waals surface area contributed by atoms with Crippen molar-refractivity contribution in [1.82, 2.24) is 4.57 Å². The molecule has 0 fully saturated rings. The van der Waals surface area contributed by atoms with Gasteiger partial charge in [-0.25, -0.2) is 0 Å². The molecule has 12 rings (SSSR count). The first-order chi connectivity index (χ1) is 28.3. The molecular formula is C55H38N2. The second-order valence-electron chi connectivity index (χ2n) is 15.6. The predicted molar refractivity (Wildman–Crippen MR) is 237 cm³/mol. The van der Waals surface area contributed by atoms with Crippen LogP contribution in [0.3, 0.4) is 0 Å². The molecule has 57 heavy (non-hydrogen) atoms. The van der Waals surface area contributed by atoms with Crippen LogP contribution >= 0.6 is 0 Å². The lowest BCUT2D eigenvalue weighted by molar-refractivity contribution is 0.701. The van der Waals surface area contributed by atoms with E-state index in [0.717, 1.165) is 23.5 Å². The molecule has 0 saturated heterocycles. The zero-order valence-electron chi connectivity index (χ0n) is 31.4. The normalized spacial score (nSPS) is 15.8. The lowest BCUT2D eigenvalue weighted by atomic mass is 9.68. The van der Waals surface area contributed by atoms with E-state index in [1.54, 1.807) is 0 Å². The maximum atomic E-state index is 2.55. The van der Waals surface area contributed by atoms with Crippen molar-refractivity contribution in [2.75, 3.05) is 4.90 Å². The molecule has 8 aromatic carbocycles. The van der Waals surface area contributed by atoms with E-state index in [1.807, 2.05) is 0 Å². The van der Waals surface area contributed by atoms with E-state index in [9.17, 15) is 0 Å². The number of benzene rings is 8. The molecule has 0 bridgehead atoms. The summed E-state index contributed by atoms with van der Waals surface area (Å²) in [6.45, 7) is 0. The van der Waals surface area contributed by atoms with Gasteiger partial charge in [-0.3, -0.25) is 0 Å². The standard InChI is InChI=1S/C55H38N2/c1-3-15-37(16-4-1)38-27-29-40(30-28-38)56(42-32-34-48-47-22-10-14-26-53(47)57(54(48)36-42)39-17-5-2-6-18-39)41-31-33-46-45-21-9-13-25-51(45)55(52(46)35-41)49-23-11-7-19-43(49)44-20-8-12-24-50(44)55/h1-32,34-36,46H,33H2. The maximum Gasteiger partial charge on any atom is 0.0686 e. The van der Waals surface area contributed by atoms with Crippen molar-refractivity contribution >= 4 is 33.2 Å². The molecule has 2 heteroatoms. The van der Waals surface area contributed by atoms with E-state index in [0.29, 0.717) is 0 Å². The van der Waals surface area contributed by atoms with E-state index >= 15 is 0 Å². The first-order valence-corrected chi connectivity index (χ1v) is 20.0. The highest BCUT2D eigenvalue weighted by molar-refractivity contribution is 6.10. The van der Waals surface area contributed by atoms with Gasteiger partial charge in [0, 0.05) is 39.4 Å². The smallest absolute Gasteiger partial charge is 0.0686 e. The number of aromatic nitrogens is 1. The van der Waals surface area contributed by atoms with Gasteiger partial charge in [-0.2, -0.15) is 0 Å². The Balaban J connectivity index is 1.10. The van der Waals surface area contributed by atoms with Gasteiger partial charge in [0.15, 0.2) is 0 Å². The summed E-state index contributed by atoms with van der Waals surface area (Å²) in [6, 6.07) is 73.9. The minimum absolute atomic E-state index is 0.287. The second-order valence-corrected chi connectivity index (χ2v) is 15.6. The maximum absolute atomic E-state index is 2.55. The molecule has 0 amide bonds. The molecule has 0 N–H and O–H groups in total. The quantitative estimate of drug-likeness (QED) is 0.171. The molecule has 0 saturated carbocycles. The van der Waals surface area contributed by atoms with Crippen molar-refractivity contribution in [2.45, 2.75) is 17.8 Å². The molecule has 9 aromatic rings. The molecule has 1 aromatic heterocycles. The molecular weight excluding hydrogens is 689 g/mol. The average Bonchev–Trinajstić information content (AvgIpc) is 3.89. The zero-order valence-corrected chi connectivity index (χ0v) is 31.4. The van der Waals surface area contributed by atoms with Gasteiger partial charge in [-0.15, -0.1) is 0 Å². The summed E-state index contributed by atoms with van der Waals surface area (Å²) in [6.07, 6.45) is 5.96. The highest BCUT2D eigenvalue weighted by Crippen LogP contribution is 2.65. The van der Waals surface area contributed by atoms with E-state index in [-0.39, 0.29) is 11.3 Å². The summed E-state index contributed by atoms with van der Waals surface area (Å²) in [4.78, 5) is 2.49. The Morgan fingerprint density at radius 2 is 1.05 bits per heavy atom. The van der Waals surface area contributed by atoms with Crippen LogP contribution in [0.5, 0.6) is 0 Å². The van der Waals surface area contributed by atoms with E-state index < -0.39 is 0 Å². The monoisotopic (exact) mass is 726 g/mol. The second kappa shape index (κ2) is 12.4. The molecule has 0 aliphatic heterocycles. The summed E-state index contributed by atoms with van der Waals surface area (Å²) in [5.41, 5.74) is 18.9.